The van der Waals surface area contributed by atoms with Gasteiger partial charge < -0.3 is 10.4 Å². The van der Waals surface area contributed by atoms with Crippen molar-refractivity contribution in [2.45, 2.75) is 12.5 Å². The lowest BCUT2D eigenvalue weighted by molar-refractivity contribution is -0.00270. The molecule has 1 aromatic rings. The van der Waals surface area contributed by atoms with E-state index in [1.165, 1.54) is 6.07 Å². The minimum absolute atomic E-state index is 0.0473. The molecule has 0 fully saturated rings. The minimum atomic E-state index is -2.94. The first-order valence-electron chi connectivity index (χ1n) is 4.36. The molecule has 0 aliphatic heterocycles. The second-order valence-electron chi connectivity index (χ2n) is 2.98. The summed E-state index contributed by atoms with van der Waals surface area (Å²) in [7, 11) is 0. The summed E-state index contributed by atoms with van der Waals surface area (Å²) in [5.74, 6) is -1.59. The van der Waals surface area contributed by atoms with Crippen molar-refractivity contribution in [2.75, 3.05) is 6.54 Å². The molecule has 0 bridgehead atoms. The first-order chi connectivity index (χ1) is 7.50. The smallest absolute Gasteiger partial charge is 0.265 e. The summed E-state index contributed by atoms with van der Waals surface area (Å²) in [6.45, 7) is -0.597. The van der Waals surface area contributed by atoms with Crippen LogP contribution in [0.2, 0.25) is 0 Å². The highest BCUT2D eigenvalue weighted by molar-refractivity contribution is 5.93. The van der Waals surface area contributed by atoms with E-state index in [-0.39, 0.29) is 5.56 Å². The van der Waals surface area contributed by atoms with E-state index in [1.54, 1.807) is 0 Å². The molecule has 1 atom stereocenters. The van der Waals surface area contributed by atoms with E-state index >= 15 is 0 Å². The quantitative estimate of drug-likeness (QED) is 0.749. The molecular formula is C9H9F3N2O2. The van der Waals surface area contributed by atoms with Gasteiger partial charge in [0.15, 0.2) is 0 Å². The fraction of sp³-hybridized carbons (Fsp3) is 0.333. The number of alkyl halides is 2. The van der Waals surface area contributed by atoms with E-state index in [1.807, 2.05) is 5.32 Å². The average Bonchev–Trinajstić information content (AvgIpc) is 2.25. The molecule has 0 saturated heterocycles. The third-order valence-corrected chi connectivity index (χ3v) is 1.75. The van der Waals surface area contributed by atoms with E-state index in [4.69, 9.17) is 5.11 Å². The highest BCUT2D eigenvalue weighted by Gasteiger charge is 2.17. The van der Waals surface area contributed by atoms with Crippen molar-refractivity contribution >= 4 is 5.91 Å². The van der Waals surface area contributed by atoms with Gasteiger partial charge in [-0.05, 0) is 6.07 Å². The van der Waals surface area contributed by atoms with Gasteiger partial charge in [-0.25, -0.2) is 13.8 Å². The molecule has 0 saturated carbocycles. The Morgan fingerprint density at radius 1 is 1.56 bits per heavy atom. The Morgan fingerprint density at radius 2 is 2.25 bits per heavy atom. The van der Waals surface area contributed by atoms with Crippen molar-refractivity contribution in [3.05, 3.63) is 29.8 Å². The molecule has 16 heavy (non-hydrogen) atoms. The maximum absolute atomic E-state index is 12.6. The summed E-state index contributed by atoms with van der Waals surface area (Å²) >= 11 is 0. The van der Waals surface area contributed by atoms with Gasteiger partial charge in [-0.2, -0.15) is 4.39 Å². The number of nitrogens with one attached hydrogen (secondary N) is 1. The summed E-state index contributed by atoms with van der Waals surface area (Å²) in [5, 5.41) is 10.8. The highest BCUT2D eigenvalue weighted by atomic mass is 19.3. The molecule has 4 nitrogen and oxygen atoms in total. The summed E-state index contributed by atoms with van der Waals surface area (Å²) in [5.41, 5.74) is -0.0473. The van der Waals surface area contributed by atoms with Gasteiger partial charge in [0.05, 0.1) is 0 Å². The fourth-order valence-electron chi connectivity index (χ4n) is 0.932. The summed E-state index contributed by atoms with van der Waals surface area (Å²) in [6.07, 6.45) is -3.79. The Hall–Kier alpha value is -1.63. The maximum Gasteiger partial charge on any atom is 0.265 e. The van der Waals surface area contributed by atoms with Crippen LogP contribution in [0.3, 0.4) is 0 Å². The predicted octanol–water partition coefficient (Wildman–Crippen LogP) is 0.576. The van der Waals surface area contributed by atoms with Gasteiger partial charge in [0, 0.05) is 24.4 Å². The molecule has 7 heteroatoms. The zero-order valence-corrected chi connectivity index (χ0v) is 8.03. The van der Waals surface area contributed by atoms with Crippen molar-refractivity contribution < 1.29 is 23.1 Å². The molecule has 1 unspecified atom stereocenters. The fourth-order valence-corrected chi connectivity index (χ4v) is 0.932. The lowest BCUT2D eigenvalue weighted by Crippen LogP contribution is -2.35. The minimum Gasteiger partial charge on any atom is -0.385 e. The van der Waals surface area contributed by atoms with E-state index < -0.39 is 30.9 Å². The number of aliphatic hydroxyl groups is 1. The van der Waals surface area contributed by atoms with Crippen LogP contribution in [0.15, 0.2) is 18.3 Å². The molecule has 0 aliphatic carbocycles. The van der Waals surface area contributed by atoms with Gasteiger partial charge in [-0.1, -0.05) is 0 Å². The number of hydrogen-bond acceptors (Lipinski definition) is 3. The predicted molar refractivity (Wildman–Crippen MR) is 48.5 cm³/mol. The number of pyridine rings is 1. The van der Waals surface area contributed by atoms with E-state index in [9.17, 15) is 18.0 Å². The second kappa shape index (κ2) is 5.45. The third kappa shape index (κ3) is 3.50. The molecule has 88 valence electrons. The summed E-state index contributed by atoms with van der Waals surface area (Å²) in [6, 6.07) is 2.09. The van der Waals surface area contributed by atoms with E-state index in [0.29, 0.717) is 0 Å². The van der Waals surface area contributed by atoms with Crippen molar-refractivity contribution in [1.29, 1.82) is 0 Å². The summed E-state index contributed by atoms with van der Waals surface area (Å²) < 4.78 is 36.3. The number of hydrogen-bond donors (Lipinski definition) is 2. The average molecular weight is 234 g/mol. The normalized spacial score (nSPS) is 12.6. The number of carbonyl (C=O) groups is 1. The Bertz CT molecular complexity index is 374. The highest BCUT2D eigenvalue weighted by Crippen LogP contribution is 2.02. The standard InChI is InChI=1S/C9H9F3N2O2/c10-7-3-5(1-2-13-7)9(16)14-4-6(15)8(11)12/h1-3,6,8,15H,4H2,(H,14,16). The largest absolute Gasteiger partial charge is 0.385 e. The number of halogens is 3. The molecule has 1 aromatic heterocycles. The molecule has 2 N–H and O–H groups in total. The van der Waals surface area contributed by atoms with Gasteiger partial charge in [0.1, 0.15) is 6.10 Å². The third-order valence-electron chi connectivity index (χ3n) is 1.75. The van der Waals surface area contributed by atoms with Crippen LogP contribution in [0.4, 0.5) is 13.2 Å². The van der Waals surface area contributed by atoms with Crippen LogP contribution >= 0.6 is 0 Å². The SMILES string of the molecule is O=C(NCC(O)C(F)F)c1ccnc(F)c1. The Labute approximate surface area is 89.1 Å². The first kappa shape index (κ1) is 12.4. The Kier molecular flexibility index (Phi) is 4.24. The monoisotopic (exact) mass is 234 g/mol. The van der Waals surface area contributed by atoms with Gasteiger partial charge in [-0.15, -0.1) is 0 Å². The van der Waals surface area contributed by atoms with Crippen LogP contribution in [0.25, 0.3) is 0 Å². The van der Waals surface area contributed by atoms with Crippen molar-refractivity contribution in [2.24, 2.45) is 0 Å². The zero-order chi connectivity index (χ0) is 12.1. The van der Waals surface area contributed by atoms with Gasteiger partial charge in [-0.3, -0.25) is 4.79 Å². The van der Waals surface area contributed by atoms with Crippen LogP contribution < -0.4 is 5.32 Å². The van der Waals surface area contributed by atoms with E-state index in [0.717, 1.165) is 12.3 Å². The van der Waals surface area contributed by atoms with Gasteiger partial charge >= 0.3 is 0 Å². The van der Waals surface area contributed by atoms with Crippen molar-refractivity contribution in [3.63, 3.8) is 0 Å². The molecular weight excluding hydrogens is 225 g/mol. The molecule has 1 amide bonds. The molecule has 0 spiro atoms. The van der Waals surface area contributed by atoms with Crippen LogP contribution in [-0.4, -0.2) is 35.1 Å². The molecule has 1 rings (SSSR count). The van der Waals surface area contributed by atoms with Crippen molar-refractivity contribution in [1.82, 2.24) is 10.3 Å². The number of nitrogens with zero attached hydrogens (tertiary/aromatic N) is 1. The maximum atomic E-state index is 12.6. The topological polar surface area (TPSA) is 62.2 Å². The van der Waals surface area contributed by atoms with Crippen LogP contribution in [-0.2, 0) is 0 Å². The van der Waals surface area contributed by atoms with Gasteiger partial charge in [0.2, 0.25) is 5.95 Å². The molecule has 0 aromatic carbocycles. The molecule has 0 radical (unpaired) electrons. The molecule has 1 heterocycles. The Morgan fingerprint density at radius 3 is 2.81 bits per heavy atom. The van der Waals surface area contributed by atoms with Crippen molar-refractivity contribution in [3.8, 4) is 0 Å². The Balaban J connectivity index is 2.53. The number of aliphatic hydroxyl groups excluding tert-OH is 1. The number of carbonyl (C=O) groups excluding carboxylic acids is 1. The zero-order valence-electron chi connectivity index (χ0n) is 8.03. The lowest BCUT2D eigenvalue weighted by atomic mass is 10.2. The lowest BCUT2D eigenvalue weighted by Gasteiger charge is -2.10. The number of amides is 1. The number of aromatic nitrogens is 1. The number of rotatable bonds is 4. The van der Waals surface area contributed by atoms with E-state index in [2.05, 4.69) is 4.98 Å². The van der Waals surface area contributed by atoms with Gasteiger partial charge in [0.25, 0.3) is 12.3 Å². The van der Waals surface area contributed by atoms with Crippen LogP contribution in [0.1, 0.15) is 10.4 Å². The van der Waals surface area contributed by atoms with Crippen LogP contribution in [0.5, 0.6) is 0 Å². The summed E-state index contributed by atoms with van der Waals surface area (Å²) in [4.78, 5) is 14.5. The first-order valence-corrected chi connectivity index (χ1v) is 4.36. The molecule has 0 aliphatic rings. The van der Waals surface area contributed by atoms with Crippen LogP contribution in [0, 0.1) is 5.95 Å². The second-order valence-corrected chi connectivity index (χ2v) is 2.98.